The third-order valence-corrected chi connectivity index (χ3v) is 4.10. The molecule has 0 heterocycles. The first kappa shape index (κ1) is 21.2. The largest absolute Gasteiger partial charge is 0.339 e. The van der Waals surface area contributed by atoms with Gasteiger partial charge in [-0.15, -0.1) is 0 Å². The second-order valence-corrected chi connectivity index (χ2v) is 8.00. The number of benzene rings is 2. The molecule has 2 aromatic carbocycles. The van der Waals surface area contributed by atoms with Crippen LogP contribution in [0.2, 0.25) is 0 Å². The number of nitrogens with one attached hydrogen (secondary N) is 3. The topological polar surface area (TPSA) is 96.3 Å². The van der Waals surface area contributed by atoms with Gasteiger partial charge < -0.3 is 16.0 Å². The van der Waals surface area contributed by atoms with Gasteiger partial charge in [0.25, 0.3) is 11.6 Å². The summed E-state index contributed by atoms with van der Waals surface area (Å²) in [5, 5.41) is 18.8. The Kier molecular flexibility index (Phi) is 7.20. The zero-order valence-corrected chi connectivity index (χ0v) is 16.6. The number of hydrogen-bond donors (Lipinski definition) is 3. The fourth-order valence-electron chi connectivity index (χ4n) is 2.00. The van der Waals surface area contributed by atoms with Gasteiger partial charge in [0.05, 0.1) is 4.92 Å². The number of non-ortho nitro benzene ring substituents is 1. The van der Waals surface area contributed by atoms with E-state index < -0.39 is 20.8 Å². The molecule has 7 nitrogen and oxygen atoms in total. The van der Waals surface area contributed by atoms with E-state index >= 15 is 0 Å². The minimum atomic E-state index is -1.92. The highest BCUT2D eigenvalue weighted by molar-refractivity contribution is 7.80. The van der Waals surface area contributed by atoms with Gasteiger partial charge in [-0.1, -0.05) is 59.1 Å². The van der Waals surface area contributed by atoms with E-state index in [0.29, 0.717) is 11.3 Å². The highest BCUT2D eigenvalue weighted by Gasteiger charge is 2.34. The molecule has 0 unspecified atom stereocenters. The smallest absolute Gasteiger partial charge is 0.271 e. The van der Waals surface area contributed by atoms with Crippen molar-refractivity contribution in [2.75, 3.05) is 5.32 Å². The number of nitro benzene ring substituents is 1. The highest BCUT2D eigenvalue weighted by Crippen LogP contribution is 2.29. The van der Waals surface area contributed by atoms with Crippen molar-refractivity contribution < 1.29 is 9.72 Å². The lowest BCUT2D eigenvalue weighted by Crippen LogP contribution is -2.56. The molecule has 2 aromatic rings. The Bertz CT molecular complexity index is 846. The van der Waals surface area contributed by atoms with E-state index in [-0.39, 0.29) is 10.8 Å². The Morgan fingerprint density at radius 1 is 1.07 bits per heavy atom. The second kappa shape index (κ2) is 9.18. The number of hydrogen-bond acceptors (Lipinski definition) is 4. The molecule has 1 atom stereocenters. The molecule has 0 bridgehead atoms. The average molecular weight is 448 g/mol. The van der Waals surface area contributed by atoms with E-state index in [1.54, 1.807) is 36.4 Å². The standard InChI is InChI=1S/C16H13Cl3N4O3S/c17-16(18,19)14(21-13(24)10-5-2-1-3-6-10)22-15(27)20-11-7-4-8-12(9-11)23(25)26/h1-9,14H,(H,21,24)(H2,20,22,27)/t14-/m1/s1. The molecule has 27 heavy (non-hydrogen) atoms. The zero-order chi connectivity index (χ0) is 20.0. The van der Waals surface area contributed by atoms with Crippen LogP contribution in [0.25, 0.3) is 0 Å². The lowest BCUT2D eigenvalue weighted by molar-refractivity contribution is -0.384. The molecular weight excluding hydrogens is 435 g/mol. The van der Waals surface area contributed by atoms with Crippen LogP contribution in [0.3, 0.4) is 0 Å². The summed E-state index contributed by atoms with van der Waals surface area (Å²) in [6.45, 7) is 0. The van der Waals surface area contributed by atoms with Crippen LogP contribution in [-0.4, -0.2) is 25.9 Å². The van der Waals surface area contributed by atoms with E-state index in [4.69, 9.17) is 47.0 Å². The molecule has 3 N–H and O–H groups in total. The lowest BCUT2D eigenvalue weighted by atomic mass is 10.2. The summed E-state index contributed by atoms with van der Waals surface area (Å²) in [5.41, 5.74) is 0.619. The third-order valence-electron chi connectivity index (χ3n) is 3.23. The molecule has 2 rings (SSSR count). The van der Waals surface area contributed by atoms with Crippen molar-refractivity contribution in [3.05, 3.63) is 70.3 Å². The Balaban J connectivity index is 2.07. The Hall–Kier alpha value is -2.13. The highest BCUT2D eigenvalue weighted by atomic mass is 35.6. The van der Waals surface area contributed by atoms with Gasteiger partial charge in [0, 0.05) is 23.4 Å². The number of carbonyl (C=O) groups excluding carboxylic acids is 1. The van der Waals surface area contributed by atoms with Crippen molar-refractivity contribution in [1.82, 2.24) is 10.6 Å². The minimum Gasteiger partial charge on any atom is -0.339 e. The van der Waals surface area contributed by atoms with Gasteiger partial charge in [-0.05, 0) is 30.4 Å². The molecule has 0 saturated carbocycles. The van der Waals surface area contributed by atoms with Crippen LogP contribution < -0.4 is 16.0 Å². The fourth-order valence-corrected chi connectivity index (χ4v) is 2.56. The number of nitrogens with zero attached hydrogens (tertiary/aromatic N) is 1. The normalized spacial score (nSPS) is 12.0. The van der Waals surface area contributed by atoms with Gasteiger partial charge in [0.2, 0.25) is 3.79 Å². The fraction of sp³-hybridized carbons (Fsp3) is 0.125. The van der Waals surface area contributed by atoms with E-state index in [9.17, 15) is 14.9 Å². The van der Waals surface area contributed by atoms with Crippen molar-refractivity contribution in [3.8, 4) is 0 Å². The van der Waals surface area contributed by atoms with Crippen LogP contribution >= 0.6 is 47.0 Å². The van der Waals surface area contributed by atoms with Crippen molar-refractivity contribution in [1.29, 1.82) is 0 Å². The van der Waals surface area contributed by atoms with Crippen LogP contribution in [0, 0.1) is 10.1 Å². The van der Waals surface area contributed by atoms with Crippen molar-refractivity contribution in [2.24, 2.45) is 0 Å². The molecule has 11 heteroatoms. The first-order valence-corrected chi connectivity index (χ1v) is 8.95. The molecular formula is C16H13Cl3N4O3S. The summed E-state index contributed by atoms with van der Waals surface area (Å²) in [6, 6.07) is 14.1. The predicted molar refractivity (Wildman–Crippen MR) is 110 cm³/mol. The molecule has 0 saturated heterocycles. The van der Waals surface area contributed by atoms with Gasteiger partial charge >= 0.3 is 0 Å². The van der Waals surface area contributed by atoms with Crippen molar-refractivity contribution in [2.45, 2.75) is 9.96 Å². The molecule has 0 aliphatic rings. The van der Waals surface area contributed by atoms with Gasteiger partial charge in [0.15, 0.2) is 5.11 Å². The van der Waals surface area contributed by atoms with Gasteiger partial charge in [-0.3, -0.25) is 14.9 Å². The second-order valence-electron chi connectivity index (χ2n) is 5.22. The van der Waals surface area contributed by atoms with E-state index in [1.807, 2.05) is 0 Å². The summed E-state index contributed by atoms with van der Waals surface area (Å²) in [5.74, 6) is -0.474. The van der Waals surface area contributed by atoms with Gasteiger partial charge in [-0.25, -0.2) is 0 Å². The predicted octanol–water partition coefficient (Wildman–Crippen LogP) is 4.01. The van der Waals surface area contributed by atoms with Gasteiger partial charge in [0.1, 0.15) is 6.17 Å². The quantitative estimate of drug-likeness (QED) is 0.211. The molecule has 0 spiro atoms. The number of alkyl halides is 3. The number of nitro groups is 1. The number of carbonyl (C=O) groups is 1. The number of halogens is 3. The number of thiocarbonyl (C=S) groups is 1. The van der Waals surface area contributed by atoms with Crippen molar-refractivity contribution in [3.63, 3.8) is 0 Å². The molecule has 0 radical (unpaired) electrons. The summed E-state index contributed by atoms with van der Waals surface area (Å²) in [6.07, 6.45) is -1.16. The lowest BCUT2D eigenvalue weighted by Gasteiger charge is -2.27. The maximum absolute atomic E-state index is 12.3. The van der Waals surface area contributed by atoms with Crippen LogP contribution in [0.5, 0.6) is 0 Å². The van der Waals surface area contributed by atoms with Crippen LogP contribution in [0.15, 0.2) is 54.6 Å². The third kappa shape index (κ3) is 6.51. The number of anilines is 1. The first-order chi connectivity index (χ1) is 12.7. The molecule has 0 fully saturated rings. The van der Waals surface area contributed by atoms with Crippen LogP contribution in [0.1, 0.15) is 10.4 Å². The van der Waals surface area contributed by atoms with Crippen LogP contribution in [-0.2, 0) is 0 Å². The monoisotopic (exact) mass is 446 g/mol. The summed E-state index contributed by atoms with van der Waals surface area (Å²) < 4.78 is -1.92. The maximum atomic E-state index is 12.3. The molecule has 142 valence electrons. The molecule has 0 aliphatic carbocycles. The Labute approximate surface area is 175 Å². The number of amides is 1. The summed E-state index contributed by atoms with van der Waals surface area (Å²) >= 11 is 22.9. The van der Waals surface area contributed by atoms with Crippen LogP contribution in [0.4, 0.5) is 11.4 Å². The summed E-state index contributed by atoms with van der Waals surface area (Å²) in [7, 11) is 0. The summed E-state index contributed by atoms with van der Waals surface area (Å²) in [4.78, 5) is 22.6. The van der Waals surface area contributed by atoms with Gasteiger partial charge in [-0.2, -0.15) is 0 Å². The van der Waals surface area contributed by atoms with Crippen molar-refractivity contribution >= 4 is 69.4 Å². The number of rotatable bonds is 5. The zero-order valence-electron chi connectivity index (χ0n) is 13.5. The van der Waals surface area contributed by atoms with E-state index in [1.165, 1.54) is 18.2 Å². The molecule has 0 aromatic heterocycles. The van der Waals surface area contributed by atoms with E-state index in [0.717, 1.165) is 0 Å². The maximum Gasteiger partial charge on any atom is 0.271 e. The Morgan fingerprint density at radius 2 is 1.74 bits per heavy atom. The average Bonchev–Trinajstić information content (AvgIpc) is 2.61. The molecule has 0 aliphatic heterocycles. The molecule has 1 amide bonds. The first-order valence-electron chi connectivity index (χ1n) is 7.41. The minimum absolute atomic E-state index is 0.000171. The van der Waals surface area contributed by atoms with E-state index in [2.05, 4.69) is 16.0 Å². The Morgan fingerprint density at radius 3 is 2.33 bits per heavy atom. The SMILES string of the molecule is O=C(N[C@H](NC(=S)Nc1cccc([N+](=O)[O-])c1)C(Cl)(Cl)Cl)c1ccccc1.